The van der Waals surface area contributed by atoms with Gasteiger partial charge in [0.25, 0.3) is 5.91 Å². The fraction of sp³-hybridized carbons (Fsp3) is 0.222. The zero-order valence-electron chi connectivity index (χ0n) is 13.7. The molecular weight excluding hydrogens is 306 g/mol. The van der Waals surface area contributed by atoms with Crippen LogP contribution >= 0.6 is 0 Å². The van der Waals surface area contributed by atoms with Crippen LogP contribution in [0.15, 0.2) is 54.6 Å². The Kier molecular flexibility index (Phi) is 5.78. The molecule has 0 saturated heterocycles. The van der Waals surface area contributed by atoms with Crippen LogP contribution in [0.4, 0.5) is 0 Å². The lowest BCUT2D eigenvalue weighted by atomic mass is 10.2. The topological polar surface area (TPSA) is 88.6 Å². The van der Waals surface area contributed by atoms with Crippen molar-refractivity contribution < 1.29 is 14.3 Å². The second kappa shape index (κ2) is 8.01. The van der Waals surface area contributed by atoms with Gasteiger partial charge in [-0.15, -0.1) is 0 Å². The van der Waals surface area contributed by atoms with Crippen molar-refractivity contribution in [2.75, 3.05) is 13.7 Å². The first-order valence-corrected chi connectivity index (χ1v) is 7.53. The highest BCUT2D eigenvalue weighted by molar-refractivity contribution is 6.04. The van der Waals surface area contributed by atoms with Gasteiger partial charge in [0, 0.05) is 5.56 Å². The lowest BCUT2D eigenvalue weighted by Gasteiger charge is -2.25. The van der Waals surface area contributed by atoms with Crippen LogP contribution in [0.5, 0.6) is 11.5 Å². The van der Waals surface area contributed by atoms with Crippen LogP contribution < -0.4 is 15.2 Å². The molecule has 0 aliphatic carbocycles. The molecule has 0 bridgehead atoms. The highest BCUT2D eigenvalue weighted by Crippen LogP contribution is 2.15. The van der Waals surface area contributed by atoms with Gasteiger partial charge in [0.05, 0.1) is 13.7 Å². The molecule has 1 amide bonds. The average molecular weight is 327 g/mol. The average Bonchev–Trinajstić information content (AvgIpc) is 2.60. The molecule has 0 saturated carbocycles. The zero-order chi connectivity index (χ0) is 17.5. The molecule has 1 unspecified atom stereocenters. The molecule has 3 N–H and O–H groups in total. The van der Waals surface area contributed by atoms with E-state index in [1.807, 2.05) is 37.3 Å². The number of nitrogens with one attached hydrogen (secondary N) is 1. The molecular formula is C18H21N3O3. The summed E-state index contributed by atoms with van der Waals surface area (Å²) < 4.78 is 10.8. The van der Waals surface area contributed by atoms with Crippen molar-refractivity contribution in [1.82, 2.24) is 4.90 Å². The summed E-state index contributed by atoms with van der Waals surface area (Å²) in [6.07, 6.45) is -0.321. The summed E-state index contributed by atoms with van der Waals surface area (Å²) in [4.78, 5) is 13.8. The number of nitrogens with zero attached hydrogens (tertiary/aromatic N) is 1. The summed E-state index contributed by atoms with van der Waals surface area (Å²) in [5.74, 6) is 0.681. The molecule has 6 nitrogen and oxygen atoms in total. The van der Waals surface area contributed by atoms with Gasteiger partial charge in [-0.2, -0.15) is 0 Å². The van der Waals surface area contributed by atoms with Crippen LogP contribution in [-0.4, -0.2) is 36.5 Å². The number of amides is 1. The molecule has 1 atom stereocenters. The molecule has 0 aliphatic rings. The Balaban J connectivity index is 2.07. The van der Waals surface area contributed by atoms with Crippen LogP contribution in [0.2, 0.25) is 0 Å². The SMILES string of the molecule is COc1ccc(C(=O)N(CC(C)Oc2ccccc2)C(=N)N)cc1. The van der Waals surface area contributed by atoms with Gasteiger partial charge >= 0.3 is 0 Å². The van der Waals surface area contributed by atoms with Crippen molar-refractivity contribution in [2.45, 2.75) is 13.0 Å². The molecule has 126 valence electrons. The van der Waals surface area contributed by atoms with Gasteiger partial charge in [0.1, 0.15) is 17.6 Å². The minimum absolute atomic E-state index is 0.176. The molecule has 2 aromatic carbocycles. The van der Waals surface area contributed by atoms with E-state index < -0.39 is 0 Å². The molecule has 0 heterocycles. The third kappa shape index (κ3) is 4.49. The number of carbonyl (C=O) groups excluding carboxylic acids is 1. The van der Waals surface area contributed by atoms with Gasteiger partial charge < -0.3 is 15.2 Å². The van der Waals surface area contributed by atoms with Crippen molar-refractivity contribution in [3.63, 3.8) is 0 Å². The van der Waals surface area contributed by atoms with Crippen LogP contribution in [0.25, 0.3) is 0 Å². The third-order valence-electron chi connectivity index (χ3n) is 3.39. The summed E-state index contributed by atoms with van der Waals surface area (Å²) in [6, 6.07) is 16.0. The molecule has 0 aromatic heterocycles. The van der Waals surface area contributed by atoms with Crippen molar-refractivity contribution in [1.29, 1.82) is 5.41 Å². The van der Waals surface area contributed by atoms with E-state index in [0.29, 0.717) is 17.1 Å². The summed E-state index contributed by atoms with van der Waals surface area (Å²) in [6.45, 7) is 2.00. The number of hydrogen-bond acceptors (Lipinski definition) is 4. The molecule has 0 spiro atoms. The molecule has 6 heteroatoms. The zero-order valence-corrected chi connectivity index (χ0v) is 13.7. The second-order valence-electron chi connectivity index (χ2n) is 5.27. The van der Waals surface area contributed by atoms with E-state index in [0.717, 1.165) is 0 Å². The molecule has 2 aromatic rings. The standard InChI is InChI=1S/C18H21N3O3/c1-13(24-16-6-4-3-5-7-16)12-21(18(19)20)17(22)14-8-10-15(23-2)11-9-14/h3-11,13H,12H2,1-2H3,(H3,19,20). The lowest BCUT2D eigenvalue weighted by molar-refractivity contribution is 0.0792. The number of methoxy groups -OCH3 is 1. The molecule has 0 fully saturated rings. The summed E-state index contributed by atoms with van der Waals surface area (Å²) >= 11 is 0. The van der Waals surface area contributed by atoms with Crippen molar-refractivity contribution >= 4 is 11.9 Å². The van der Waals surface area contributed by atoms with Gasteiger partial charge in [-0.05, 0) is 43.3 Å². The van der Waals surface area contributed by atoms with Gasteiger partial charge in [-0.1, -0.05) is 18.2 Å². The smallest absolute Gasteiger partial charge is 0.260 e. The van der Waals surface area contributed by atoms with Gasteiger partial charge in [-0.3, -0.25) is 15.1 Å². The first-order chi connectivity index (χ1) is 11.5. The summed E-state index contributed by atoms with van der Waals surface area (Å²) in [7, 11) is 1.56. The number of benzene rings is 2. The Hall–Kier alpha value is -3.02. The van der Waals surface area contributed by atoms with Crippen LogP contribution in [0, 0.1) is 5.41 Å². The first-order valence-electron chi connectivity index (χ1n) is 7.53. The number of hydrogen-bond donors (Lipinski definition) is 2. The number of guanidine groups is 1. The third-order valence-corrected chi connectivity index (χ3v) is 3.39. The lowest BCUT2D eigenvalue weighted by Crippen LogP contribution is -2.46. The maximum absolute atomic E-state index is 12.6. The van der Waals surface area contributed by atoms with Crippen molar-refractivity contribution in [3.05, 3.63) is 60.2 Å². The summed E-state index contributed by atoms with van der Waals surface area (Å²) in [5.41, 5.74) is 6.01. The normalized spacial score (nSPS) is 11.4. The van der Waals surface area contributed by atoms with Gasteiger partial charge in [-0.25, -0.2) is 0 Å². The molecule has 0 aliphatic heterocycles. The number of para-hydroxylation sites is 1. The Morgan fingerprint density at radius 3 is 2.29 bits per heavy atom. The summed E-state index contributed by atoms with van der Waals surface area (Å²) in [5, 5.41) is 7.69. The quantitative estimate of drug-likeness (QED) is 0.630. The fourth-order valence-electron chi connectivity index (χ4n) is 2.21. The van der Waals surface area contributed by atoms with Crippen molar-refractivity contribution in [2.24, 2.45) is 5.73 Å². The van der Waals surface area contributed by atoms with E-state index in [1.54, 1.807) is 31.4 Å². The Bertz CT molecular complexity index is 686. The number of rotatable bonds is 6. The van der Waals surface area contributed by atoms with E-state index in [-0.39, 0.29) is 24.5 Å². The maximum atomic E-state index is 12.6. The van der Waals surface area contributed by atoms with Gasteiger partial charge in [0.15, 0.2) is 5.96 Å². The van der Waals surface area contributed by atoms with E-state index in [9.17, 15) is 4.79 Å². The predicted molar refractivity (Wildman–Crippen MR) is 92.5 cm³/mol. The van der Waals surface area contributed by atoms with E-state index in [2.05, 4.69) is 0 Å². The van der Waals surface area contributed by atoms with E-state index in [4.69, 9.17) is 20.6 Å². The second-order valence-corrected chi connectivity index (χ2v) is 5.27. The van der Waals surface area contributed by atoms with E-state index in [1.165, 1.54) is 4.90 Å². The Morgan fingerprint density at radius 1 is 1.12 bits per heavy atom. The minimum Gasteiger partial charge on any atom is -0.497 e. The number of carbonyl (C=O) groups is 1. The van der Waals surface area contributed by atoms with Crippen LogP contribution in [0.1, 0.15) is 17.3 Å². The maximum Gasteiger partial charge on any atom is 0.260 e. The van der Waals surface area contributed by atoms with Crippen LogP contribution in [0.3, 0.4) is 0 Å². The fourth-order valence-corrected chi connectivity index (χ4v) is 2.21. The first kappa shape index (κ1) is 17.3. The molecule has 2 rings (SSSR count). The highest BCUT2D eigenvalue weighted by atomic mass is 16.5. The Labute approximate surface area is 141 Å². The monoisotopic (exact) mass is 327 g/mol. The predicted octanol–water partition coefficient (Wildman–Crippen LogP) is 2.50. The molecule has 0 radical (unpaired) electrons. The Morgan fingerprint density at radius 2 is 1.75 bits per heavy atom. The van der Waals surface area contributed by atoms with Crippen molar-refractivity contribution in [3.8, 4) is 11.5 Å². The van der Waals surface area contributed by atoms with E-state index >= 15 is 0 Å². The van der Waals surface area contributed by atoms with Crippen LogP contribution in [-0.2, 0) is 0 Å². The molecule has 24 heavy (non-hydrogen) atoms. The minimum atomic E-state index is -0.353. The van der Waals surface area contributed by atoms with Gasteiger partial charge in [0.2, 0.25) is 0 Å². The number of nitrogens with two attached hydrogens (primary N) is 1. The largest absolute Gasteiger partial charge is 0.497 e. The number of ether oxygens (including phenoxy) is 2. The highest BCUT2D eigenvalue weighted by Gasteiger charge is 2.21.